The molecule has 1 aliphatic heterocycles. The number of carbonyl (C=O) groups is 2. The Morgan fingerprint density at radius 1 is 1.45 bits per heavy atom. The van der Waals surface area contributed by atoms with E-state index in [9.17, 15) is 9.59 Å². The van der Waals surface area contributed by atoms with Crippen LogP contribution in [0.4, 0.5) is 4.79 Å². The lowest BCUT2D eigenvalue weighted by Crippen LogP contribution is -2.46. The van der Waals surface area contributed by atoms with Gasteiger partial charge >= 0.3 is 12.0 Å². The van der Waals surface area contributed by atoms with E-state index in [0.717, 1.165) is 6.54 Å². The summed E-state index contributed by atoms with van der Waals surface area (Å²) in [7, 11) is 3.93. The number of carbonyl (C=O) groups excluding carboxylic acids is 2. The van der Waals surface area contributed by atoms with Gasteiger partial charge in [-0.1, -0.05) is 11.8 Å². The van der Waals surface area contributed by atoms with Gasteiger partial charge in [0.2, 0.25) is 5.16 Å². The minimum Gasteiger partial charge on any atom is -0.467 e. The van der Waals surface area contributed by atoms with Gasteiger partial charge in [-0.3, -0.25) is 0 Å². The molecule has 2 amide bonds. The molecule has 156 valence electrons. The zero-order chi connectivity index (χ0) is 20.8. The summed E-state index contributed by atoms with van der Waals surface area (Å²) in [6, 6.07) is 2.22. The number of furan rings is 1. The predicted octanol–water partition coefficient (Wildman–Crippen LogP) is 0.791. The van der Waals surface area contributed by atoms with E-state index < -0.39 is 18.0 Å². The average molecular weight is 421 g/mol. The van der Waals surface area contributed by atoms with Gasteiger partial charge in [0, 0.05) is 18.0 Å². The molecule has 1 aliphatic rings. The summed E-state index contributed by atoms with van der Waals surface area (Å²) in [6.45, 7) is 3.33. The fourth-order valence-corrected chi connectivity index (χ4v) is 3.59. The standard InChI is InChI=1S/C17H23N7O4S/c1-4-27-15(25)13-11(18-16(26)19-14(13)12-6-5-9-28-12)10-29-17-20-21-22-24(17)8-7-23(2)3/h5-6,9,14H,4,7-8,10H2,1-3H3,(H2,18,19,26). The smallest absolute Gasteiger partial charge is 0.338 e. The van der Waals surface area contributed by atoms with Crippen LogP contribution >= 0.6 is 11.8 Å². The summed E-state index contributed by atoms with van der Waals surface area (Å²) in [4.78, 5) is 26.9. The second-order valence-corrected chi connectivity index (χ2v) is 7.38. The van der Waals surface area contributed by atoms with E-state index in [1.165, 1.54) is 18.0 Å². The second kappa shape index (κ2) is 9.56. The van der Waals surface area contributed by atoms with Crippen molar-refractivity contribution >= 4 is 23.8 Å². The first-order valence-electron chi connectivity index (χ1n) is 9.04. The molecule has 0 bridgehead atoms. The normalized spacial score (nSPS) is 16.7. The predicted molar refractivity (Wildman–Crippen MR) is 104 cm³/mol. The van der Waals surface area contributed by atoms with Gasteiger partial charge in [0.25, 0.3) is 0 Å². The molecule has 3 heterocycles. The van der Waals surface area contributed by atoms with Crippen LogP contribution in [0.2, 0.25) is 0 Å². The highest BCUT2D eigenvalue weighted by atomic mass is 32.2. The lowest BCUT2D eigenvalue weighted by Gasteiger charge is -2.27. The summed E-state index contributed by atoms with van der Waals surface area (Å²) in [5.41, 5.74) is 0.724. The molecule has 0 radical (unpaired) electrons. The van der Waals surface area contributed by atoms with Crippen molar-refractivity contribution in [2.45, 2.75) is 24.7 Å². The van der Waals surface area contributed by atoms with Gasteiger partial charge in [-0.25, -0.2) is 14.3 Å². The van der Waals surface area contributed by atoms with Gasteiger partial charge < -0.3 is 24.7 Å². The number of tetrazole rings is 1. The number of thioether (sulfide) groups is 1. The van der Waals surface area contributed by atoms with E-state index in [0.29, 0.717) is 28.7 Å². The number of likely N-dealkylation sites (N-methyl/N-ethyl adjacent to an activating group) is 1. The maximum Gasteiger partial charge on any atom is 0.338 e. The van der Waals surface area contributed by atoms with E-state index in [-0.39, 0.29) is 12.4 Å². The summed E-state index contributed by atoms with van der Waals surface area (Å²) in [5, 5.41) is 17.8. The lowest BCUT2D eigenvalue weighted by molar-refractivity contribution is -0.139. The molecule has 0 aromatic carbocycles. The molecule has 0 saturated heterocycles. The Hall–Kier alpha value is -2.86. The van der Waals surface area contributed by atoms with E-state index >= 15 is 0 Å². The van der Waals surface area contributed by atoms with Crippen LogP contribution in [-0.4, -0.2) is 70.1 Å². The molecule has 29 heavy (non-hydrogen) atoms. The SMILES string of the molecule is CCOC(=O)C1=C(CSc2nnnn2CCN(C)C)NC(=O)NC1c1ccco1. The van der Waals surface area contributed by atoms with Gasteiger partial charge in [0.1, 0.15) is 11.8 Å². The molecule has 12 heteroatoms. The molecule has 0 aliphatic carbocycles. The highest BCUT2D eigenvalue weighted by Crippen LogP contribution is 2.30. The number of rotatable bonds is 9. The highest BCUT2D eigenvalue weighted by molar-refractivity contribution is 7.99. The zero-order valence-corrected chi connectivity index (χ0v) is 17.2. The Morgan fingerprint density at radius 2 is 2.28 bits per heavy atom. The largest absolute Gasteiger partial charge is 0.467 e. The van der Waals surface area contributed by atoms with Crippen molar-refractivity contribution in [2.24, 2.45) is 0 Å². The number of nitrogens with one attached hydrogen (secondary N) is 2. The van der Waals surface area contributed by atoms with Gasteiger partial charge in [-0.2, -0.15) is 0 Å². The number of amides is 2. The maximum atomic E-state index is 12.7. The molecule has 0 spiro atoms. The first-order valence-corrected chi connectivity index (χ1v) is 10.0. The number of urea groups is 1. The number of hydrogen-bond acceptors (Lipinski definition) is 9. The number of aromatic nitrogens is 4. The summed E-state index contributed by atoms with van der Waals surface area (Å²) >= 11 is 1.32. The Morgan fingerprint density at radius 3 is 2.97 bits per heavy atom. The average Bonchev–Trinajstić information content (AvgIpc) is 3.36. The van der Waals surface area contributed by atoms with E-state index in [1.807, 2.05) is 19.0 Å². The van der Waals surface area contributed by atoms with E-state index in [1.54, 1.807) is 23.7 Å². The summed E-state index contributed by atoms with van der Waals surface area (Å²) in [6.07, 6.45) is 1.49. The van der Waals surface area contributed by atoms with Crippen molar-refractivity contribution < 1.29 is 18.7 Å². The fourth-order valence-electron chi connectivity index (χ4n) is 2.72. The first-order chi connectivity index (χ1) is 14.0. The highest BCUT2D eigenvalue weighted by Gasteiger charge is 2.35. The molecule has 11 nitrogen and oxygen atoms in total. The second-order valence-electron chi connectivity index (χ2n) is 6.44. The lowest BCUT2D eigenvalue weighted by atomic mass is 10.0. The van der Waals surface area contributed by atoms with Crippen LogP contribution in [0.1, 0.15) is 18.7 Å². The van der Waals surface area contributed by atoms with Crippen molar-refractivity contribution in [3.63, 3.8) is 0 Å². The van der Waals surface area contributed by atoms with E-state index in [4.69, 9.17) is 9.15 Å². The third-order valence-electron chi connectivity index (χ3n) is 4.08. The van der Waals surface area contributed by atoms with Crippen LogP contribution in [0.5, 0.6) is 0 Å². The molecular weight excluding hydrogens is 398 g/mol. The van der Waals surface area contributed by atoms with Crippen LogP contribution in [0.25, 0.3) is 0 Å². The molecule has 0 fully saturated rings. The first kappa shape index (κ1) is 20.9. The Labute approximate surface area is 171 Å². The Kier molecular flexibility index (Phi) is 6.88. The quantitative estimate of drug-likeness (QED) is 0.446. The molecule has 1 unspecified atom stereocenters. The Balaban J connectivity index is 1.85. The number of esters is 1. The monoisotopic (exact) mass is 421 g/mol. The van der Waals surface area contributed by atoms with Crippen molar-refractivity contribution in [2.75, 3.05) is 33.0 Å². The molecule has 3 rings (SSSR count). The number of nitrogens with zero attached hydrogens (tertiary/aromatic N) is 5. The third-order valence-corrected chi connectivity index (χ3v) is 5.06. The molecular formula is C17H23N7O4S. The minimum atomic E-state index is -0.738. The fraction of sp³-hybridized carbons (Fsp3) is 0.471. The summed E-state index contributed by atoms with van der Waals surface area (Å²) < 4.78 is 12.3. The molecule has 0 saturated carbocycles. The minimum absolute atomic E-state index is 0.213. The number of hydrogen-bond donors (Lipinski definition) is 2. The van der Waals surface area contributed by atoms with Crippen molar-refractivity contribution in [3.05, 3.63) is 35.4 Å². The summed E-state index contributed by atoms with van der Waals surface area (Å²) in [5.74, 6) is 0.201. The third kappa shape index (κ3) is 5.15. The van der Waals surface area contributed by atoms with Crippen LogP contribution in [0.3, 0.4) is 0 Å². The van der Waals surface area contributed by atoms with Crippen LogP contribution in [0.15, 0.2) is 39.2 Å². The Bertz CT molecular complexity index is 878. The van der Waals surface area contributed by atoms with Crippen molar-refractivity contribution in [1.29, 1.82) is 0 Å². The van der Waals surface area contributed by atoms with Gasteiger partial charge in [-0.05, 0) is 43.6 Å². The van der Waals surface area contributed by atoms with Crippen molar-refractivity contribution in [1.82, 2.24) is 35.7 Å². The topological polar surface area (TPSA) is 127 Å². The maximum absolute atomic E-state index is 12.7. The van der Waals surface area contributed by atoms with Crippen LogP contribution in [-0.2, 0) is 16.1 Å². The van der Waals surface area contributed by atoms with Gasteiger partial charge in [0.15, 0.2) is 0 Å². The van der Waals surface area contributed by atoms with Crippen LogP contribution < -0.4 is 10.6 Å². The molecule has 2 N–H and O–H groups in total. The molecule has 1 atom stereocenters. The zero-order valence-electron chi connectivity index (χ0n) is 16.4. The van der Waals surface area contributed by atoms with Crippen molar-refractivity contribution in [3.8, 4) is 0 Å². The van der Waals surface area contributed by atoms with Gasteiger partial charge in [0.05, 0.1) is 25.0 Å². The molecule has 2 aromatic rings. The van der Waals surface area contributed by atoms with E-state index in [2.05, 4.69) is 26.2 Å². The van der Waals surface area contributed by atoms with Gasteiger partial charge in [-0.15, -0.1) is 5.10 Å². The molecule has 2 aromatic heterocycles. The number of ether oxygens (including phenoxy) is 1. The van der Waals surface area contributed by atoms with Crippen LogP contribution in [0, 0.1) is 0 Å².